The molecule has 1 N–H and O–H groups in total. The van der Waals surface area contributed by atoms with Crippen molar-refractivity contribution in [2.45, 2.75) is 19.8 Å². The molecule has 8 heteroatoms. The maximum absolute atomic E-state index is 5.96. The van der Waals surface area contributed by atoms with E-state index in [1.54, 1.807) is 29.1 Å². The van der Waals surface area contributed by atoms with Gasteiger partial charge in [0.2, 0.25) is 0 Å². The van der Waals surface area contributed by atoms with Crippen LogP contribution in [0.1, 0.15) is 18.3 Å². The number of hydrazone groups is 1. The van der Waals surface area contributed by atoms with Crippen LogP contribution in [0.2, 0.25) is 10.0 Å². The Hall–Kier alpha value is -2.44. The lowest BCUT2D eigenvalue weighted by Crippen LogP contribution is -2.04. The van der Waals surface area contributed by atoms with Crippen LogP contribution < -0.4 is 5.43 Å². The van der Waals surface area contributed by atoms with Crippen LogP contribution in [0.3, 0.4) is 0 Å². The van der Waals surface area contributed by atoms with E-state index >= 15 is 0 Å². The molecule has 0 saturated carbocycles. The summed E-state index contributed by atoms with van der Waals surface area (Å²) in [6.07, 6.45) is 3.18. The van der Waals surface area contributed by atoms with Crippen molar-refractivity contribution >= 4 is 35.1 Å². The number of rotatable bonds is 6. The molecule has 3 aromatic rings. The average Bonchev–Trinajstić information content (AvgIpc) is 3.10. The molecule has 1 aromatic heterocycles. The summed E-state index contributed by atoms with van der Waals surface area (Å²) in [5.74, 6) is 0.698. The Morgan fingerprint density at radius 2 is 1.92 bits per heavy atom. The molecule has 0 aliphatic carbocycles. The maximum atomic E-state index is 5.96. The molecule has 25 heavy (non-hydrogen) atoms. The number of halogens is 2. The highest BCUT2D eigenvalue weighted by molar-refractivity contribution is 6.42. The summed E-state index contributed by atoms with van der Waals surface area (Å²) < 4.78 is 1.70. The summed E-state index contributed by atoms with van der Waals surface area (Å²) in [6.45, 7) is 2.12. The first kappa shape index (κ1) is 17.4. The first-order chi connectivity index (χ1) is 12.2. The molecule has 0 fully saturated rings. The van der Waals surface area contributed by atoms with Crippen LogP contribution in [-0.4, -0.2) is 26.4 Å². The predicted octanol–water partition coefficient (Wildman–Crippen LogP) is 4.17. The average molecular weight is 375 g/mol. The number of benzene rings is 2. The maximum Gasteiger partial charge on any atom is 0.162 e. The summed E-state index contributed by atoms with van der Waals surface area (Å²) in [5.41, 5.74) is 5.84. The van der Waals surface area contributed by atoms with Gasteiger partial charge in [-0.05, 0) is 52.7 Å². The second-order valence-electron chi connectivity index (χ2n) is 5.28. The van der Waals surface area contributed by atoms with Crippen LogP contribution in [0.4, 0.5) is 5.69 Å². The van der Waals surface area contributed by atoms with Crippen molar-refractivity contribution in [1.82, 2.24) is 20.2 Å². The highest BCUT2D eigenvalue weighted by Crippen LogP contribution is 2.24. The zero-order valence-corrected chi connectivity index (χ0v) is 15.0. The molecule has 0 unspecified atom stereocenters. The molecular weight excluding hydrogens is 359 g/mol. The number of nitrogens with zero attached hydrogens (tertiary/aromatic N) is 5. The summed E-state index contributed by atoms with van der Waals surface area (Å²) in [7, 11) is 0. The van der Waals surface area contributed by atoms with E-state index in [2.05, 4.69) is 45.1 Å². The van der Waals surface area contributed by atoms with Crippen molar-refractivity contribution in [2.75, 3.05) is 5.43 Å². The lowest BCUT2D eigenvalue weighted by atomic mass is 10.1. The molecule has 0 aliphatic rings. The van der Waals surface area contributed by atoms with E-state index in [0.717, 1.165) is 17.8 Å². The van der Waals surface area contributed by atoms with Crippen molar-refractivity contribution in [3.8, 4) is 5.69 Å². The third-order valence-corrected chi connectivity index (χ3v) is 4.34. The minimum absolute atomic E-state index is 0.473. The molecule has 0 atom stereocenters. The Morgan fingerprint density at radius 3 is 2.64 bits per heavy atom. The topological polar surface area (TPSA) is 68.0 Å². The van der Waals surface area contributed by atoms with E-state index in [4.69, 9.17) is 23.2 Å². The lowest BCUT2D eigenvalue weighted by Gasteiger charge is -2.04. The molecule has 3 rings (SSSR count). The van der Waals surface area contributed by atoms with Gasteiger partial charge in [-0.25, -0.2) is 0 Å². The van der Waals surface area contributed by atoms with Crippen LogP contribution in [0.25, 0.3) is 5.69 Å². The second-order valence-corrected chi connectivity index (χ2v) is 6.10. The molecule has 2 aromatic carbocycles. The standard InChI is InChI=1S/C17H16Cl2N6/c1-2-12-3-6-14(7-4-12)25-17(22-23-24-25)9-10-20-21-13-5-8-15(18)16(19)11-13/h3-8,10-11,21H,2,9H2,1H3/b20-10-. The van der Waals surface area contributed by atoms with Gasteiger partial charge < -0.3 is 0 Å². The molecule has 0 saturated heterocycles. The number of hydrogen-bond acceptors (Lipinski definition) is 5. The minimum Gasteiger partial charge on any atom is -0.279 e. The zero-order valence-electron chi connectivity index (χ0n) is 13.5. The van der Waals surface area contributed by atoms with Gasteiger partial charge in [0.05, 0.1) is 21.4 Å². The SMILES string of the molecule is CCc1ccc(-n2nnnc2C/C=N\Nc2ccc(Cl)c(Cl)c2)cc1. The Kier molecular flexibility index (Phi) is 5.63. The fraction of sp³-hybridized carbons (Fsp3) is 0.176. The number of hydrogen-bond donors (Lipinski definition) is 1. The van der Waals surface area contributed by atoms with Gasteiger partial charge in [0.25, 0.3) is 0 Å². The van der Waals surface area contributed by atoms with Crippen LogP contribution >= 0.6 is 23.2 Å². The third kappa shape index (κ3) is 4.35. The fourth-order valence-electron chi connectivity index (χ4n) is 2.22. The smallest absolute Gasteiger partial charge is 0.162 e. The molecule has 0 aliphatic heterocycles. The molecule has 0 bridgehead atoms. The highest BCUT2D eigenvalue weighted by atomic mass is 35.5. The highest BCUT2D eigenvalue weighted by Gasteiger charge is 2.07. The van der Waals surface area contributed by atoms with Gasteiger partial charge in [0, 0.05) is 12.6 Å². The Balaban J connectivity index is 1.65. The predicted molar refractivity (Wildman–Crippen MR) is 101 cm³/mol. The molecule has 1 heterocycles. The first-order valence-corrected chi connectivity index (χ1v) is 8.52. The number of anilines is 1. The Labute approximate surface area is 155 Å². The van der Waals surface area contributed by atoms with Gasteiger partial charge in [-0.2, -0.15) is 9.78 Å². The van der Waals surface area contributed by atoms with Crippen molar-refractivity contribution in [1.29, 1.82) is 0 Å². The normalized spacial score (nSPS) is 11.2. The van der Waals surface area contributed by atoms with E-state index in [-0.39, 0.29) is 0 Å². The van der Waals surface area contributed by atoms with E-state index in [9.17, 15) is 0 Å². The summed E-state index contributed by atoms with van der Waals surface area (Å²) in [5, 5.41) is 17.0. The Bertz CT molecular complexity index is 873. The van der Waals surface area contributed by atoms with Gasteiger partial charge >= 0.3 is 0 Å². The van der Waals surface area contributed by atoms with Crippen molar-refractivity contribution in [3.63, 3.8) is 0 Å². The van der Waals surface area contributed by atoms with E-state index in [0.29, 0.717) is 22.3 Å². The quantitative estimate of drug-likeness (QED) is 0.519. The van der Waals surface area contributed by atoms with E-state index in [1.807, 2.05) is 12.1 Å². The lowest BCUT2D eigenvalue weighted by molar-refractivity contribution is 0.775. The molecule has 0 amide bonds. The molecular formula is C17H16Cl2N6. The summed E-state index contributed by atoms with van der Waals surface area (Å²) in [6, 6.07) is 13.4. The van der Waals surface area contributed by atoms with Crippen molar-refractivity contribution in [3.05, 3.63) is 63.9 Å². The summed E-state index contributed by atoms with van der Waals surface area (Å²) >= 11 is 11.8. The third-order valence-electron chi connectivity index (χ3n) is 3.60. The van der Waals surface area contributed by atoms with Gasteiger partial charge in [-0.3, -0.25) is 5.43 Å². The van der Waals surface area contributed by atoms with E-state index < -0.39 is 0 Å². The molecule has 0 spiro atoms. The Morgan fingerprint density at radius 1 is 1.12 bits per heavy atom. The number of aromatic nitrogens is 4. The minimum atomic E-state index is 0.473. The monoisotopic (exact) mass is 374 g/mol. The van der Waals surface area contributed by atoms with E-state index in [1.165, 1.54) is 5.56 Å². The van der Waals surface area contributed by atoms with Crippen LogP contribution in [0, 0.1) is 0 Å². The van der Waals surface area contributed by atoms with Crippen LogP contribution in [0.15, 0.2) is 47.6 Å². The summed E-state index contributed by atoms with van der Waals surface area (Å²) in [4.78, 5) is 0. The second kappa shape index (κ2) is 8.09. The van der Waals surface area contributed by atoms with Gasteiger partial charge in [0.15, 0.2) is 5.82 Å². The van der Waals surface area contributed by atoms with Crippen LogP contribution in [0.5, 0.6) is 0 Å². The first-order valence-electron chi connectivity index (χ1n) is 7.76. The molecule has 6 nitrogen and oxygen atoms in total. The fourth-order valence-corrected chi connectivity index (χ4v) is 2.52. The van der Waals surface area contributed by atoms with Crippen LogP contribution in [-0.2, 0) is 12.8 Å². The van der Waals surface area contributed by atoms with Crippen molar-refractivity contribution in [2.24, 2.45) is 5.10 Å². The van der Waals surface area contributed by atoms with Gasteiger partial charge in [-0.15, -0.1) is 5.10 Å². The van der Waals surface area contributed by atoms with Gasteiger partial charge in [0.1, 0.15) is 0 Å². The van der Waals surface area contributed by atoms with Crippen molar-refractivity contribution < 1.29 is 0 Å². The number of aryl methyl sites for hydroxylation is 1. The number of nitrogens with one attached hydrogen (secondary N) is 1. The zero-order chi connectivity index (χ0) is 17.6. The molecule has 0 radical (unpaired) electrons. The number of tetrazole rings is 1. The molecule has 128 valence electrons. The van der Waals surface area contributed by atoms with Gasteiger partial charge in [-0.1, -0.05) is 42.3 Å². The largest absolute Gasteiger partial charge is 0.279 e.